The number of hydrogen-bond donors (Lipinski definition) is 2. The predicted octanol–water partition coefficient (Wildman–Crippen LogP) is 2.64. The summed E-state index contributed by atoms with van der Waals surface area (Å²) in [5.41, 5.74) is 1.11. The zero-order chi connectivity index (χ0) is 14.1. The van der Waals surface area contributed by atoms with Crippen LogP contribution >= 0.6 is 11.8 Å². The van der Waals surface area contributed by atoms with E-state index in [1.54, 1.807) is 18.9 Å². The maximum absolute atomic E-state index is 11.0. The number of carbonyl (C=O) groups is 1. The average molecular weight is 289 g/mol. The van der Waals surface area contributed by atoms with Crippen molar-refractivity contribution in [2.24, 2.45) is 0 Å². The van der Waals surface area contributed by atoms with Gasteiger partial charge in [0.1, 0.15) is 11.8 Å². The minimum absolute atomic E-state index is 0.0441. The van der Waals surface area contributed by atoms with Crippen LogP contribution in [0.2, 0.25) is 0 Å². The topological polar surface area (TPSA) is 58.6 Å². The summed E-state index contributed by atoms with van der Waals surface area (Å²) in [4.78, 5) is 11.0. The first-order chi connectivity index (χ1) is 9.67. The van der Waals surface area contributed by atoms with Crippen molar-refractivity contribution in [1.29, 1.82) is 0 Å². The van der Waals surface area contributed by atoms with E-state index in [4.69, 9.17) is 9.84 Å². The van der Waals surface area contributed by atoms with E-state index >= 15 is 0 Å². The van der Waals surface area contributed by atoms with Crippen molar-refractivity contribution >= 4 is 28.5 Å². The predicted molar refractivity (Wildman–Crippen MR) is 80.3 cm³/mol. The summed E-state index contributed by atoms with van der Waals surface area (Å²) in [5, 5.41) is 14.4. The lowest BCUT2D eigenvalue weighted by atomic mass is 10.1. The lowest BCUT2D eigenvalue weighted by Gasteiger charge is -2.12. The molecule has 0 radical (unpaired) electrons. The van der Waals surface area contributed by atoms with Gasteiger partial charge in [-0.3, -0.25) is 10.1 Å². The normalized spacial score (nSPS) is 22.1. The molecule has 1 aliphatic heterocycles. The highest BCUT2D eigenvalue weighted by molar-refractivity contribution is 7.99. The molecule has 0 bridgehead atoms. The Hall–Kier alpha value is -1.72. The van der Waals surface area contributed by atoms with Crippen molar-refractivity contribution < 1.29 is 14.6 Å². The fourth-order valence-electron chi connectivity index (χ4n) is 2.34. The van der Waals surface area contributed by atoms with Crippen LogP contribution in [0.1, 0.15) is 10.9 Å². The Morgan fingerprint density at radius 1 is 1.30 bits per heavy atom. The monoisotopic (exact) mass is 289 g/mol. The minimum atomic E-state index is -0.787. The first-order valence-electron chi connectivity index (χ1n) is 6.35. The molecule has 1 aliphatic rings. The zero-order valence-corrected chi connectivity index (χ0v) is 11.8. The number of fused-ring (bicyclic) bond motifs is 1. The van der Waals surface area contributed by atoms with E-state index in [0.717, 1.165) is 22.1 Å². The lowest BCUT2D eigenvalue weighted by molar-refractivity contribution is -0.138. The fourth-order valence-corrected chi connectivity index (χ4v) is 3.56. The van der Waals surface area contributed by atoms with Gasteiger partial charge in [0.25, 0.3) is 0 Å². The number of benzene rings is 2. The van der Waals surface area contributed by atoms with Crippen LogP contribution in [0.4, 0.5) is 0 Å². The molecule has 2 unspecified atom stereocenters. The quantitative estimate of drug-likeness (QED) is 0.909. The first kappa shape index (κ1) is 13.3. The largest absolute Gasteiger partial charge is 0.497 e. The summed E-state index contributed by atoms with van der Waals surface area (Å²) in [6.45, 7) is 0. The molecule has 2 aromatic carbocycles. The highest BCUT2D eigenvalue weighted by atomic mass is 32.2. The van der Waals surface area contributed by atoms with Gasteiger partial charge in [-0.1, -0.05) is 18.2 Å². The molecule has 2 atom stereocenters. The number of rotatable bonds is 3. The van der Waals surface area contributed by atoms with Crippen molar-refractivity contribution in [2.75, 3.05) is 12.9 Å². The number of methoxy groups -OCH3 is 1. The third-order valence-corrected chi connectivity index (χ3v) is 4.72. The van der Waals surface area contributed by atoms with Crippen LogP contribution in [0.5, 0.6) is 5.75 Å². The van der Waals surface area contributed by atoms with Crippen molar-refractivity contribution in [1.82, 2.24) is 5.32 Å². The summed E-state index contributed by atoms with van der Waals surface area (Å²) in [5.74, 6) is 0.649. The molecule has 0 amide bonds. The zero-order valence-electron chi connectivity index (χ0n) is 11.0. The van der Waals surface area contributed by atoms with Crippen molar-refractivity contribution in [3.63, 3.8) is 0 Å². The second-order valence-corrected chi connectivity index (χ2v) is 5.88. The molecule has 3 rings (SSSR count). The second kappa shape index (κ2) is 5.34. The molecule has 0 saturated carbocycles. The second-order valence-electron chi connectivity index (χ2n) is 4.74. The maximum Gasteiger partial charge on any atom is 0.321 e. The van der Waals surface area contributed by atoms with Crippen LogP contribution in [0.25, 0.3) is 10.8 Å². The molecule has 0 spiro atoms. The third-order valence-electron chi connectivity index (χ3n) is 3.45. The summed E-state index contributed by atoms with van der Waals surface area (Å²) in [7, 11) is 1.65. The van der Waals surface area contributed by atoms with E-state index in [1.165, 1.54) is 0 Å². The van der Waals surface area contributed by atoms with Gasteiger partial charge < -0.3 is 9.84 Å². The van der Waals surface area contributed by atoms with Crippen LogP contribution in [0, 0.1) is 0 Å². The Morgan fingerprint density at radius 3 is 2.75 bits per heavy atom. The number of ether oxygens (including phenoxy) is 1. The van der Waals surface area contributed by atoms with Crippen molar-refractivity contribution in [3.05, 3.63) is 42.0 Å². The van der Waals surface area contributed by atoms with Gasteiger partial charge in [0.2, 0.25) is 0 Å². The van der Waals surface area contributed by atoms with Gasteiger partial charge in [-0.05, 0) is 34.5 Å². The number of thioether (sulfide) groups is 1. The summed E-state index contributed by atoms with van der Waals surface area (Å²) in [6, 6.07) is 11.7. The molecule has 2 N–H and O–H groups in total. The molecule has 0 aliphatic carbocycles. The highest BCUT2D eigenvalue weighted by Crippen LogP contribution is 2.34. The van der Waals surface area contributed by atoms with Crippen LogP contribution in [0.15, 0.2) is 36.4 Å². The Kier molecular flexibility index (Phi) is 3.54. The van der Waals surface area contributed by atoms with Crippen molar-refractivity contribution in [2.45, 2.75) is 11.4 Å². The molecular weight excluding hydrogens is 274 g/mol. The van der Waals surface area contributed by atoms with E-state index < -0.39 is 12.0 Å². The van der Waals surface area contributed by atoms with E-state index in [9.17, 15) is 4.79 Å². The summed E-state index contributed by atoms with van der Waals surface area (Å²) >= 11 is 1.63. The van der Waals surface area contributed by atoms with Gasteiger partial charge in [0.05, 0.1) is 12.5 Å². The van der Waals surface area contributed by atoms with Gasteiger partial charge in [0, 0.05) is 5.75 Å². The SMILES string of the molecule is COc1ccc2cc(C3NC(C(=O)O)CS3)ccc2c1. The van der Waals surface area contributed by atoms with Gasteiger partial charge in [-0.15, -0.1) is 11.8 Å². The van der Waals surface area contributed by atoms with Gasteiger partial charge in [-0.25, -0.2) is 0 Å². The molecule has 4 nitrogen and oxygen atoms in total. The fraction of sp³-hybridized carbons (Fsp3) is 0.267. The van der Waals surface area contributed by atoms with Gasteiger partial charge in [0.15, 0.2) is 0 Å². The number of nitrogens with one attached hydrogen (secondary N) is 1. The van der Waals surface area contributed by atoms with Crippen LogP contribution in [0.3, 0.4) is 0 Å². The highest BCUT2D eigenvalue weighted by Gasteiger charge is 2.30. The maximum atomic E-state index is 11.0. The van der Waals surface area contributed by atoms with Crippen LogP contribution in [-0.4, -0.2) is 30.0 Å². The van der Waals surface area contributed by atoms with Gasteiger partial charge >= 0.3 is 5.97 Å². The smallest absolute Gasteiger partial charge is 0.321 e. The van der Waals surface area contributed by atoms with E-state index in [-0.39, 0.29) is 5.37 Å². The van der Waals surface area contributed by atoms with Gasteiger partial charge in [-0.2, -0.15) is 0 Å². The molecule has 1 heterocycles. The molecule has 1 saturated heterocycles. The average Bonchev–Trinajstić information content (AvgIpc) is 2.96. The third kappa shape index (κ3) is 2.46. The molecule has 2 aromatic rings. The summed E-state index contributed by atoms with van der Waals surface area (Å²) in [6.07, 6.45) is 0. The Morgan fingerprint density at radius 2 is 2.05 bits per heavy atom. The van der Waals surface area contributed by atoms with E-state index in [0.29, 0.717) is 5.75 Å². The van der Waals surface area contributed by atoms with E-state index in [1.807, 2.05) is 30.3 Å². The van der Waals surface area contributed by atoms with Crippen molar-refractivity contribution in [3.8, 4) is 5.75 Å². The molecule has 5 heteroatoms. The molecule has 0 aromatic heterocycles. The molecule has 104 valence electrons. The Bertz CT molecular complexity index is 659. The molecular formula is C15H15NO3S. The molecule has 20 heavy (non-hydrogen) atoms. The van der Waals surface area contributed by atoms with Crippen LogP contribution < -0.4 is 10.1 Å². The summed E-state index contributed by atoms with van der Waals surface area (Å²) < 4.78 is 5.21. The Labute approximate surface area is 121 Å². The lowest BCUT2D eigenvalue weighted by Crippen LogP contribution is -2.33. The Balaban J connectivity index is 1.88. The molecule has 1 fully saturated rings. The van der Waals surface area contributed by atoms with E-state index in [2.05, 4.69) is 11.4 Å². The standard InChI is InChI=1S/C15H15NO3S/c1-19-12-5-4-9-6-11(3-2-10(9)7-12)14-16-13(8-20-14)15(17)18/h2-7,13-14,16H,8H2,1H3,(H,17,18). The number of aliphatic carboxylic acids is 1. The number of hydrogen-bond acceptors (Lipinski definition) is 4. The van der Waals surface area contributed by atoms with Crippen LogP contribution in [-0.2, 0) is 4.79 Å². The number of carboxylic acid groups (broad SMARTS) is 1. The first-order valence-corrected chi connectivity index (χ1v) is 7.40. The number of carboxylic acids is 1. The minimum Gasteiger partial charge on any atom is -0.497 e.